The van der Waals surface area contributed by atoms with E-state index in [-0.39, 0.29) is 5.82 Å². The largest absolute Gasteiger partial charge is 0.374 e. The maximum Gasteiger partial charge on any atom is 0.263 e. The number of nitrogens with zero attached hydrogens (tertiary/aromatic N) is 1. The van der Waals surface area contributed by atoms with E-state index in [1.165, 1.54) is 23.9 Å². The fourth-order valence-corrected chi connectivity index (χ4v) is 1.69. The molecular formula is C11H13FN2O2S. The molecule has 0 unspecified atom stereocenters. The topological polar surface area (TPSA) is 55.2 Å². The smallest absolute Gasteiger partial charge is 0.263 e. The van der Waals surface area contributed by atoms with E-state index in [1.54, 1.807) is 18.4 Å². The van der Waals surface area contributed by atoms with Gasteiger partial charge in [0, 0.05) is 6.54 Å². The fourth-order valence-electron chi connectivity index (χ4n) is 1.25. The summed E-state index contributed by atoms with van der Waals surface area (Å²) in [7, 11) is 0. The van der Waals surface area contributed by atoms with Gasteiger partial charge in [0.05, 0.1) is 4.92 Å². The Morgan fingerprint density at radius 3 is 2.71 bits per heavy atom. The molecule has 0 saturated heterocycles. The predicted molar refractivity (Wildman–Crippen MR) is 66.7 cm³/mol. The number of hydrogen-bond acceptors (Lipinski definition) is 4. The molecule has 17 heavy (non-hydrogen) atoms. The van der Waals surface area contributed by atoms with Gasteiger partial charge in [-0.05, 0) is 30.4 Å². The predicted octanol–water partition coefficient (Wildman–Crippen LogP) is 2.40. The number of benzene rings is 1. The van der Waals surface area contributed by atoms with Gasteiger partial charge < -0.3 is 5.32 Å². The summed E-state index contributed by atoms with van der Waals surface area (Å²) in [6.07, 6.45) is 3.39. The number of hydrogen-bond donors (Lipinski definition) is 1. The van der Waals surface area contributed by atoms with E-state index in [4.69, 9.17) is 0 Å². The Morgan fingerprint density at radius 2 is 2.18 bits per heavy atom. The summed E-state index contributed by atoms with van der Waals surface area (Å²) >= 11 is 1.28. The molecule has 0 aromatic heterocycles. The second-order valence-corrected chi connectivity index (χ2v) is 4.13. The van der Waals surface area contributed by atoms with Crippen LogP contribution in [0.25, 0.3) is 0 Å². The van der Waals surface area contributed by atoms with Crippen molar-refractivity contribution in [2.24, 2.45) is 0 Å². The van der Waals surface area contributed by atoms with Crippen LogP contribution >= 0.6 is 11.8 Å². The monoisotopic (exact) mass is 256 g/mol. The number of halogens is 1. The van der Waals surface area contributed by atoms with Crippen LogP contribution in [0.3, 0.4) is 0 Å². The summed E-state index contributed by atoms with van der Waals surface area (Å²) in [5.41, 5.74) is 0.987. The zero-order valence-corrected chi connectivity index (χ0v) is 10.2. The first-order valence-electron chi connectivity index (χ1n) is 4.99. The van der Waals surface area contributed by atoms with Gasteiger partial charge in [0.25, 0.3) is 6.20 Å². The maximum absolute atomic E-state index is 12.6. The molecule has 0 aliphatic rings. The highest BCUT2D eigenvalue weighted by Crippen LogP contribution is 2.08. The van der Waals surface area contributed by atoms with E-state index in [1.807, 2.05) is 0 Å². The zero-order chi connectivity index (χ0) is 12.7. The normalized spacial score (nSPS) is 11.3. The highest BCUT2D eigenvalue weighted by molar-refractivity contribution is 8.02. The molecule has 0 aliphatic heterocycles. The number of nitro groups is 1. The minimum absolute atomic E-state index is 0.264. The van der Waals surface area contributed by atoms with Crippen molar-refractivity contribution < 1.29 is 9.31 Å². The molecule has 0 saturated carbocycles. The molecule has 4 nitrogen and oxygen atoms in total. The Bertz CT molecular complexity index is 406. The van der Waals surface area contributed by atoms with Crippen LogP contribution in [-0.2, 0) is 6.42 Å². The standard InChI is InChI=1S/C11H13FN2O2S/c1-17-11(8-14(15)16)13-7-6-9-2-4-10(12)5-3-9/h2-5,8,13H,6-7H2,1H3/b11-8+. The molecule has 1 aromatic carbocycles. The van der Waals surface area contributed by atoms with Crippen molar-refractivity contribution in [2.45, 2.75) is 6.42 Å². The van der Waals surface area contributed by atoms with Crippen molar-refractivity contribution in [3.05, 3.63) is 57.0 Å². The lowest BCUT2D eigenvalue weighted by molar-refractivity contribution is -0.403. The number of nitrogens with one attached hydrogen (secondary N) is 1. The third-order valence-corrected chi connectivity index (χ3v) is 2.76. The van der Waals surface area contributed by atoms with Crippen LogP contribution in [0, 0.1) is 15.9 Å². The lowest BCUT2D eigenvalue weighted by atomic mass is 10.1. The Labute approximate surface area is 103 Å². The van der Waals surface area contributed by atoms with E-state index < -0.39 is 4.92 Å². The van der Waals surface area contributed by atoms with Gasteiger partial charge in [-0.3, -0.25) is 10.1 Å². The van der Waals surface area contributed by atoms with Gasteiger partial charge in [0.15, 0.2) is 0 Å². The Morgan fingerprint density at radius 1 is 1.53 bits per heavy atom. The molecule has 0 spiro atoms. The quantitative estimate of drug-likeness (QED) is 0.627. The van der Waals surface area contributed by atoms with Gasteiger partial charge in [-0.2, -0.15) is 0 Å². The van der Waals surface area contributed by atoms with Gasteiger partial charge in [-0.25, -0.2) is 4.39 Å². The average molecular weight is 256 g/mol. The first-order valence-corrected chi connectivity index (χ1v) is 6.22. The second-order valence-electron chi connectivity index (χ2n) is 3.29. The molecule has 0 bridgehead atoms. The molecule has 0 atom stereocenters. The number of thioether (sulfide) groups is 1. The summed E-state index contributed by atoms with van der Waals surface area (Å²) in [5.74, 6) is -0.264. The van der Waals surface area contributed by atoms with E-state index in [0.717, 1.165) is 11.8 Å². The second kappa shape index (κ2) is 6.90. The van der Waals surface area contributed by atoms with Crippen LogP contribution in [0.5, 0.6) is 0 Å². The molecule has 6 heteroatoms. The minimum atomic E-state index is -0.489. The summed E-state index contributed by atoms with van der Waals surface area (Å²) < 4.78 is 12.6. The summed E-state index contributed by atoms with van der Waals surface area (Å²) in [4.78, 5) is 9.78. The van der Waals surface area contributed by atoms with Gasteiger partial charge in [0.2, 0.25) is 0 Å². The molecule has 92 valence electrons. The summed E-state index contributed by atoms with van der Waals surface area (Å²) in [5, 5.41) is 13.7. The Hall–Kier alpha value is -1.56. The highest BCUT2D eigenvalue weighted by atomic mass is 32.2. The Kier molecular flexibility index (Phi) is 5.48. The Balaban J connectivity index is 2.41. The summed E-state index contributed by atoms with van der Waals surface area (Å²) in [6.45, 7) is 0.576. The molecule has 0 heterocycles. The first-order chi connectivity index (χ1) is 8.11. The van der Waals surface area contributed by atoms with Crippen molar-refractivity contribution >= 4 is 11.8 Å². The van der Waals surface area contributed by atoms with Gasteiger partial charge in [0.1, 0.15) is 10.8 Å². The lowest BCUT2D eigenvalue weighted by Crippen LogP contribution is -2.15. The van der Waals surface area contributed by atoms with Crippen LogP contribution in [0.4, 0.5) is 4.39 Å². The molecular weight excluding hydrogens is 243 g/mol. The van der Waals surface area contributed by atoms with Crippen molar-refractivity contribution in [3.63, 3.8) is 0 Å². The molecule has 1 rings (SSSR count). The lowest BCUT2D eigenvalue weighted by Gasteiger charge is -2.06. The molecule has 0 aliphatic carbocycles. The van der Waals surface area contributed by atoms with Gasteiger partial charge in [-0.15, -0.1) is 11.8 Å². The fraction of sp³-hybridized carbons (Fsp3) is 0.273. The van der Waals surface area contributed by atoms with E-state index in [0.29, 0.717) is 18.0 Å². The third-order valence-electron chi connectivity index (χ3n) is 2.07. The van der Waals surface area contributed by atoms with E-state index in [9.17, 15) is 14.5 Å². The SMILES string of the molecule is CS/C(=C/[N+](=O)[O-])NCCc1ccc(F)cc1. The molecule has 1 N–H and O–H groups in total. The van der Waals surface area contributed by atoms with Crippen molar-refractivity contribution in [1.82, 2.24) is 5.32 Å². The van der Waals surface area contributed by atoms with Gasteiger partial charge >= 0.3 is 0 Å². The van der Waals surface area contributed by atoms with Crippen LogP contribution in [0.15, 0.2) is 35.5 Å². The number of rotatable bonds is 6. The molecule has 0 radical (unpaired) electrons. The minimum Gasteiger partial charge on any atom is -0.374 e. The first kappa shape index (κ1) is 13.5. The van der Waals surface area contributed by atoms with Crippen LogP contribution in [-0.4, -0.2) is 17.7 Å². The van der Waals surface area contributed by atoms with Gasteiger partial charge in [-0.1, -0.05) is 12.1 Å². The third kappa shape index (κ3) is 5.35. The maximum atomic E-state index is 12.6. The van der Waals surface area contributed by atoms with Crippen LogP contribution in [0.1, 0.15) is 5.56 Å². The van der Waals surface area contributed by atoms with Crippen molar-refractivity contribution in [2.75, 3.05) is 12.8 Å². The van der Waals surface area contributed by atoms with Crippen molar-refractivity contribution in [1.29, 1.82) is 0 Å². The van der Waals surface area contributed by atoms with E-state index in [2.05, 4.69) is 5.32 Å². The van der Waals surface area contributed by atoms with E-state index >= 15 is 0 Å². The zero-order valence-electron chi connectivity index (χ0n) is 9.35. The molecule has 1 aromatic rings. The molecule has 0 fully saturated rings. The average Bonchev–Trinajstić information content (AvgIpc) is 2.30. The highest BCUT2D eigenvalue weighted by Gasteiger charge is 2.00. The summed E-state index contributed by atoms with van der Waals surface area (Å²) in [6, 6.07) is 6.20. The van der Waals surface area contributed by atoms with Crippen molar-refractivity contribution in [3.8, 4) is 0 Å². The molecule has 0 amide bonds. The van der Waals surface area contributed by atoms with Crippen LogP contribution < -0.4 is 5.32 Å². The van der Waals surface area contributed by atoms with Crippen LogP contribution in [0.2, 0.25) is 0 Å².